The minimum atomic E-state index is 0. The number of rotatable bonds is 8. The van der Waals surface area contributed by atoms with Gasteiger partial charge in [-0.3, -0.25) is 9.89 Å². The summed E-state index contributed by atoms with van der Waals surface area (Å²) in [5.74, 6) is 0.820. The summed E-state index contributed by atoms with van der Waals surface area (Å²) >= 11 is 0. The zero-order valence-electron chi connectivity index (χ0n) is 18.0. The Kier molecular flexibility index (Phi) is 11.3. The summed E-state index contributed by atoms with van der Waals surface area (Å²) in [7, 11) is 1.81. The normalized spacial score (nSPS) is 16.0. The topological polar surface area (TPSA) is 58.1 Å². The Morgan fingerprint density at radius 1 is 1.21 bits per heavy atom. The highest BCUT2D eigenvalue weighted by molar-refractivity contribution is 14.0. The summed E-state index contributed by atoms with van der Waals surface area (Å²) in [6.07, 6.45) is 0.240. The van der Waals surface area contributed by atoms with E-state index in [1.165, 1.54) is 11.1 Å². The molecule has 2 N–H and O–H groups in total. The van der Waals surface area contributed by atoms with E-state index in [2.05, 4.69) is 72.5 Å². The van der Waals surface area contributed by atoms with Crippen molar-refractivity contribution < 1.29 is 9.47 Å². The Hall–Kier alpha value is -0.900. The van der Waals surface area contributed by atoms with Gasteiger partial charge < -0.3 is 20.1 Å². The molecule has 7 heteroatoms. The Morgan fingerprint density at radius 3 is 2.54 bits per heavy atom. The van der Waals surface area contributed by atoms with Gasteiger partial charge in [0.1, 0.15) is 0 Å². The van der Waals surface area contributed by atoms with Crippen LogP contribution in [-0.2, 0) is 22.6 Å². The van der Waals surface area contributed by atoms with Crippen LogP contribution in [0, 0.1) is 0 Å². The Labute approximate surface area is 187 Å². The number of ether oxygens (including phenoxy) is 2. The van der Waals surface area contributed by atoms with Crippen molar-refractivity contribution in [3.8, 4) is 0 Å². The predicted octanol–water partition coefficient (Wildman–Crippen LogP) is 3.01. The minimum absolute atomic E-state index is 0. The van der Waals surface area contributed by atoms with Gasteiger partial charge in [0.05, 0.1) is 25.9 Å². The SMILES string of the molecule is CN=C(NCc1cccc(COC(C)C)c1)NCC(C)(C)N1CCOCC1.I. The molecule has 0 saturated carbocycles. The van der Waals surface area contributed by atoms with Gasteiger partial charge in [0.2, 0.25) is 0 Å². The predicted molar refractivity (Wildman–Crippen MR) is 126 cm³/mol. The van der Waals surface area contributed by atoms with Crippen molar-refractivity contribution in [2.45, 2.75) is 52.5 Å². The molecule has 1 heterocycles. The molecule has 6 nitrogen and oxygen atoms in total. The number of benzene rings is 1. The van der Waals surface area contributed by atoms with Crippen molar-refractivity contribution in [3.05, 3.63) is 35.4 Å². The third-order valence-corrected chi connectivity index (χ3v) is 4.81. The lowest BCUT2D eigenvalue weighted by atomic mass is 10.0. The summed E-state index contributed by atoms with van der Waals surface area (Å²) in [4.78, 5) is 6.83. The second-order valence-corrected chi connectivity index (χ2v) is 7.87. The number of guanidine groups is 1. The molecule has 0 radical (unpaired) electrons. The van der Waals surface area contributed by atoms with E-state index in [-0.39, 0.29) is 35.6 Å². The molecule has 0 aliphatic carbocycles. The second-order valence-electron chi connectivity index (χ2n) is 7.87. The largest absolute Gasteiger partial charge is 0.379 e. The van der Waals surface area contributed by atoms with Crippen molar-refractivity contribution in [3.63, 3.8) is 0 Å². The third kappa shape index (κ3) is 8.63. The molecule has 160 valence electrons. The second kappa shape index (κ2) is 12.6. The van der Waals surface area contributed by atoms with Crippen molar-refractivity contribution in [2.75, 3.05) is 39.9 Å². The number of halogens is 1. The highest BCUT2D eigenvalue weighted by Crippen LogP contribution is 2.15. The molecular weight excluding hydrogens is 467 g/mol. The summed E-state index contributed by atoms with van der Waals surface area (Å²) in [6, 6.07) is 8.48. The first-order valence-corrected chi connectivity index (χ1v) is 9.87. The van der Waals surface area contributed by atoms with E-state index >= 15 is 0 Å². The van der Waals surface area contributed by atoms with Crippen LogP contribution in [0.15, 0.2) is 29.3 Å². The van der Waals surface area contributed by atoms with Crippen molar-refractivity contribution in [1.29, 1.82) is 0 Å². The van der Waals surface area contributed by atoms with E-state index < -0.39 is 0 Å². The van der Waals surface area contributed by atoms with E-state index in [0.29, 0.717) is 6.61 Å². The summed E-state index contributed by atoms with van der Waals surface area (Å²) in [5, 5.41) is 6.87. The lowest BCUT2D eigenvalue weighted by molar-refractivity contribution is -0.00834. The summed E-state index contributed by atoms with van der Waals surface area (Å²) < 4.78 is 11.2. The quantitative estimate of drug-likeness (QED) is 0.324. The maximum atomic E-state index is 5.69. The van der Waals surface area contributed by atoms with Crippen LogP contribution < -0.4 is 10.6 Å². The molecule has 1 aromatic carbocycles. The standard InChI is InChI=1S/C21H36N4O2.HI/c1-17(2)27-15-19-8-6-7-18(13-19)14-23-20(22-5)24-16-21(3,4)25-9-11-26-12-10-25;/h6-8,13,17H,9-12,14-16H2,1-5H3,(H2,22,23,24);1H. The lowest BCUT2D eigenvalue weighted by Crippen LogP contribution is -2.56. The molecule has 1 saturated heterocycles. The van der Waals surface area contributed by atoms with E-state index in [1.54, 1.807) is 0 Å². The number of nitrogens with one attached hydrogen (secondary N) is 2. The van der Waals surface area contributed by atoms with Gasteiger partial charge in [0.15, 0.2) is 5.96 Å². The molecule has 0 aromatic heterocycles. The van der Waals surface area contributed by atoms with E-state index in [0.717, 1.165) is 45.4 Å². The van der Waals surface area contributed by atoms with Gasteiger partial charge in [-0.1, -0.05) is 24.3 Å². The van der Waals surface area contributed by atoms with Crippen LogP contribution in [0.2, 0.25) is 0 Å². The number of hydrogen-bond donors (Lipinski definition) is 2. The van der Waals surface area contributed by atoms with E-state index in [4.69, 9.17) is 9.47 Å². The van der Waals surface area contributed by atoms with Gasteiger partial charge in [-0.2, -0.15) is 0 Å². The number of aliphatic imine (C=N–C) groups is 1. The Morgan fingerprint density at radius 2 is 1.89 bits per heavy atom. The zero-order valence-corrected chi connectivity index (χ0v) is 20.3. The number of hydrogen-bond acceptors (Lipinski definition) is 4. The first-order valence-electron chi connectivity index (χ1n) is 9.87. The molecule has 0 atom stereocenters. The monoisotopic (exact) mass is 504 g/mol. The molecule has 2 rings (SSSR count). The molecule has 0 unspecified atom stereocenters. The fraction of sp³-hybridized carbons (Fsp3) is 0.667. The third-order valence-electron chi connectivity index (χ3n) is 4.81. The highest BCUT2D eigenvalue weighted by atomic mass is 127. The molecule has 1 aliphatic heterocycles. The highest BCUT2D eigenvalue weighted by Gasteiger charge is 2.28. The first-order chi connectivity index (χ1) is 12.9. The van der Waals surface area contributed by atoms with Crippen LogP contribution in [-0.4, -0.2) is 62.4 Å². The maximum Gasteiger partial charge on any atom is 0.191 e. The molecule has 0 amide bonds. The van der Waals surface area contributed by atoms with Crippen LogP contribution in [0.25, 0.3) is 0 Å². The smallest absolute Gasteiger partial charge is 0.191 e. The molecule has 28 heavy (non-hydrogen) atoms. The van der Waals surface area contributed by atoms with Crippen molar-refractivity contribution >= 4 is 29.9 Å². The Bertz CT molecular complexity index is 602. The number of nitrogens with zero attached hydrogens (tertiary/aromatic N) is 2. The summed E-state index contributed by atoms with van der Waals surface area (Å²) in [6.45, 7) is 14.4. The minimum Gasteiger partial charge on any atom is -0.379 e. The molecule has 1 fully saturated rings. The fourth-order valence-electron chi connectivity index (χ4n) is 3.08. The average molecular weight is 504 g/mol. The van der Waals surface area contributed by atoms with Crippen LogP contribution in [0.1, 0.15) is 38.8 Å². The number of morpholine rings is 1. The van der Waals surface area contributed by atoms with E-state index in [9.17, 15) is 0 Å². The van der Waals surface area contributed by atoms with Crippen molar-refractivity contribution in [2.24, 2.45) is 4.99 Å². The lowest BCUT2D eigenvalue weighted by Gasteiger charge is -2.41. The van der Waals surface area contributed by atoms with Crippen LogP contribution in [0.3, 0.4) is 0 Å². The maximum absolute atomic E-state index is 5.69. The summed E-state index contributed by atoms with van der Waals surface area (Å²) in [5.41, 5.74) is 2.46. The molecular formula is C21H37IN4O2. The van der Waals surface area contributed by atoms with Crippen LogP contribution >= 0.6 is 24.0 Å². The van der Waals surface area contributed by atoms with Crippen LogP contribution in [0.5, 0.6) is 0 Å². The van der Waals surface area contributed by atoms with Gasteiger partial charge in [0, 0.05) is 38.8 Å². The van der Waals surface area contributed by atoms with Crippen LogP contribution in [0.4, 0.5) is 0 Å². The van der Waals surface area contributed by atoms with Gasteiger partial charge >= 0.3 is 0 Å². The van der Waals surface area contributed by atoms with Gasteiger partial charge in [0.25, 0.3) is 0 Å². The van der Waals surface area contributed by atoms with Gasteiger partial charge in [-0.15, -0.1) is 24.0 Å². The first kappa shape index (κ1) is 25.1. The zero-order chi connectivity index (χ0) is 19.7. The van der Waals surface area contributed by atoms with Gasteiger partial charge in [-0.25, -0.2) is 0 Å². The van der Waals surface area contributed by atoms with E-state index in [1.807, 2.05) is 7.05 Å². The molecule has 1 aliphatic rings. The fourth-order valence-corrected chi connectivity index (χ4v) is 3.08. The average Bonchev–Trinajstić information content (AvgIpc) is 2.67. The Balaban J connectivity index is 0.00000392. The molecule has 1 aromatic rings. The molecule has 0 bridgehead atoms. The molecule has 0 spiro atoms. The van der Waals surface area contributed by atoms with Crippen molar-refractivity contribution in [1.82, 2.24) is 15.5 Å². The van der Waals surface area contributed by atoms with Gasteiger partial charge in [-0.05, 0) is 38.8 Å².